The zero-order valence-corrected chi connectivity index (χ0v) is 14.8. The van der Waals surface area contributed by atoms with Gasteiger partial charge in [-0.1, -0.05) is 27.7 Å². The Hall–Kier alpha value is -1.44. The normalized spacial score (nSPS) is 12.3. The van der Waals surface area contributed by atoms with Crippen LogP contribution in [0.15, 0.2) is 51.5 Å². The van der Waals surface area contributed by atoms with Crippen molar-refractivity contribution >= 4 is 60.8 Å². The number of amides is 1. The highest BCUT2D eigenvalue weighted by Crippen LogP contribution is 2.30. The lowest BCUT2D eigenvalue weighted by Gasteiger charge is -2.12. The summed E-state index contributed by atoms with van der Waals surface area (Å²) in [4.78, 5) is 21.7. The summed E-state index contributed by atoms with van der Waals surface area (Å²) in [6.07, 6.45) is 1.54. The van der Waals surface area contributed by atoms with Crippen molar-refractivity contribution in [2.24, 2.45) is 0 Å². The van der Waals surface area contributed by atoms with Crippen LogP contribution >= 0.6 is 39.0 Å². The van der Waals surface area contributed by atoms with Gasteiger partial charge in [-0.2, -0.15) is 0 Å². The molecule has 3 aromatic rings. The van der Waals surface area contributed by atoms with E-state index in [1.165, 1.54) is 11.8 Å². The molecular formula is C15H12BrN3OS2. The second-order valence-electron chi connectivity index (χ2n) is 4.57. The number of aromatic nitrogens is 2. The zero-order valence-electron chi connectivity index (χ0n) is 11.6. The van der Waals surface area contributed by atoms with Gasteiger partial charge < -0.3 is 5.32 Å². The minimum absolute atomic E-state index is 0.0469. The molecule has 0 bridgehead atoms. The fourth-order valence-electron chi connectivity index (χ4n) is 1.86. The Morgan fingerprint density at radius 1 is 1.27 bits per heavy atom. The van der Waals surface area contributed by atoms with Crippen LogP contribution in [0.5, 0.6) is 0 Å². The predicted octanol–water partition coefficient (Wildman–Crippen LogP) is 4.57. The molecule has 3 rings (SSSR count). The lowest BCUT2D eigenvalue weighted by atomic mass is 10.3. The van der Waals surface area contributed by atoms with Crippen molar-refractivity contribution in [2.75, 3.05) is 5.32 Å². The summed E-state index contributed by atoms with van der Waals surface area (Å²) in [6.45, 7) is 1.87. The van der Waals surface area contributed by atoms with E-state index in [9.17, 15) is 4.79 Å². The van der Waals surface area contributed by atoms with Crippen LogP contribution in [0.4, 0.5) is 5.69 Å². The van der Waals surface area contributed by atoms with E-state index >= 15 is 0 Å². The lowest BCUT2D eigenvalue weighted by molar-refractivity contribution is -0.115. The van der Waals surface area contributed by atoms with Gasteiger partial charge in [-0.15, -0.1) is 11.3 Å². The van der Waals surface area contributed by atoms with Crippen LogP contribution < -0.4 is 5.32 Å². The van der Waals surface area contributed by atoms with Gasteiger partial charge in [0, 0.05) is 15.5 Å². The van der Waals surface area contributed by atoms with Crippen LogP contribution in [0.25, 0.3) is 10.2 Å². The number of benzene rings is 1. The van der Waals surface area contributed by atoms with Gasteiger partial charge in [0.15, 0.2) is 0 Å². The molecule has 0 radical (unpaired) electrons. The number of hydrogen-bond acceptors (Lipinski definition) is 5. The maximum atomic E-state index is 12.3. The Labute approximate surface area is 144 Å². The third-order valence-electron chi connectivity index (χ3n) is 2.99. The molecule has 22 heavy (non-hydrogen) atoms. The topological polar surface area (TPSA) is 54.9 Å². The Morgan fingerprint density at radius 2 is 2.05 bits per heavy atom. The van der Waals surface area contributed by atoms with E-state index < -0.39 is 0 Å². The van der Waals surface area contributed by atoms with Crippen molar-refractivity contribution in [3.8, 4) is 0 Å². The van der Waals surface area contributed by atoms with Crippen molar-refractivity contribution in [1.29, 1.82) is 0 Å². The zero-order chi connectivity index (χ0) is 15.5. The fraction of sp³-hybridized carbons (Fsp3) is 0.133. The lowest BCUT2D eigenvalue weighted by Crippen LogP contribution is -2.22. The van der Waals surface area contributed by atoms with Crippen LogP contribution in [0.3, 0.4) is 0 Å². The predicted molar refractivity (Wildman–Crippen MR) is 95.5 cm³/mol. The number of halogens is 1. The Morgan fingerprint density at radius 3 is 2.82 bits per heavy atom. The molecule has 0 aliphatic carbocycles. The molecule has 0 saturated carbocycles. The largest absolute Gasteiger partial charge is 0.325 e. The highest BCUT2D eigenvalue weighted by atomic mass is 79.9. The van der Waals surface area contributed by atoms with Gasteiger partial charge in [0.2, 0.25) is 5.91 Å². The second kappa shape index (κ2) is 6.76. The number of carbonyl (C=O) groups excluding carboxylic acids is 1. The molecular weight excluding hydrogens is 382 g/mol. The Balaban J connectivity index is 1.71. The minimum Gasteiger partial charge on any atom is -0.325 e. The summed E-state index contributed by atoms with van der Waals surface area (Å²) in [7, 11) is 0. The van der Waals surface area contributed by atoms with Gasteiger partial charge in [0.05, 0.1) is 5.25 Å². The van der Waals surface area contributed by atoms with Crippen LogP contribution in [-0.4, -0.2) is 21.1 Å². The molecule has 0 spiro atoms. The van der Waals surface area contributed by atoms with Gasteiger partial charge in [-0.05, 0) is 42.6 Å². The summed E-state index contributed by atoms with van der Waals surface area (Å²) in [5.41, 5.74) is 0.781. The van der Waals surface area contributed by atoms with Gasteiger partial charge in [0.25, 0.3) is 0 Å². The summed E-state index contributed by atoms with van der Waals surface area (Å²) < 4.78 is 0.980. The molecule has 7 heteroatoms. The van der Waals surface area contributed by atoms with Crippen molar-refractivity contribution in [3.63, 3.8) is 0 Å². The van der Waals surface area contributed by atoms with E-state index in [-0.39, 0.29) is 11.2 Å². The quantitative estimate of drug-likeness (QED) is 0.520. The van der Waals surface area contributed by atoms with Crippen molar-refractivity contribution in [3.05, 3.63) is 46.5 Å². The Kier molecular flexibility index (Phi) is 4.75. The highest BCUT2D eigenvalue weighted by Gasteiger charge is 2.17. The number of carbonyl (C=O) groups is 1. The molecule has 2 heterocycles. The van der Waals surface area contributed by atoms with Gasteiger partial charge >= 0.3 is 0 Å². The van der Waals surface area contributed by atoms with Crippen molar-refractivity contribution in [1.82, 2.24) is 9.97 Å². The highest BCUT2D eigenvalue weighted by molar-refractivity contribution is 9.10. The van der Waals surface area contributed by atoms with Crippen molar-refractivity contribution in [2.45, 2.75) is 17.2 Å². The summed E-state index contributed by atoms with van der Waals surface area (Å²) in [5.74, 6) is -0.0469. The number of rotatable bonds is 4. The van der Waals surface area contributed by atoms with Gasteiger partial charge in [-0.3, -0.25) is 4.79 Å². The average molecular weight is 394 g/mol. The molecule has 1 N–H and O–H groups in total. The first-order chi connectivity index (χ1) is 10.6. The summed E-state index contributed by atoms with van der Waals surface area (Å²) in [5, 5.41) is 6.48. The number of anilines is 1. The number of thioether (sulfide) groups is 1. The fourth-order valence-corrected chi connectivity index (χ4v) is 3.82. The maximum Gasteiger partial charge on any atom is 0.237 e. The summed E-state index contributed by atoms with van der Waals surface area (Å²) in [6, 6.07) is 9.50. The molecule has 4 nitrogen and oxygen atoms in total. The van der Waals surface area contributed by atoms with E-state index in [1.807, 2.05) is 42.6 Å². The first kappa shape index (κ1) is 15.5. The van der Waals surface area contributed by atoms with E-state index in [1.54, 1.807) is 17.7 Å². The maximum absolute atomic E-state index is 12.3. The monoisotopic (exact) mass is 393 g/mol. The van der Waals surface area contributed by atoms with Gasteiger partial charge in [-0.25, -0.2) is 9.97 Å². The number of hydrogen-bond donors (Lipinski definition) is 1. The molecule has 1 atom stereocenters. The van der Waals surface area contributed by atoms with Crippen molar-refractivity contribution < 1.29 is 4.79 Å². The number of nitrogens with zero attached hydrogens (tertiary/aromatic N) is 2. The second-order valence-corrected chi connectivity index (χ2v) is 7.71. The molecule has 112 valence electrons. The van der Waals surface area contributed by atoms with Gasteiger partial charge in [0.1, 0.15) is 16.2 Å². The molecule has 2 aromatic heterocycles. The standard InChI is InChI=1S/C15H12BrN3OS2/c1-9(13(20)19-11-4-2-10(16)3-5-11)22-15-12-6-7-21-14(12)17-8-18-15/h2-9H,1H3,(H,19,20)/t9-/m1/s1. The van der Waals surface area contributed by atoms with E-state index in [4.69, 9.17) is 0 Å². The van der Waals surface area contributed by atoms with E-state index in [0.717, 1.165) is 25.4 Å². The minimum atomic E-state index is -0.248. The third-order valence-corrected chi connectivity index (χ3v) is 5.46. The summed E-state index contributed by atoms with van der Waals surface area (Å²) >= 11 is 6.39. The van der Waals surface area contributed by atoms with Crippen LogP contribution in [0, 0.1) is 0 Å². The average Bonchev–Trinajstić information content (AvgIpc) is 2.99. The van der Waals surface area contributed by atoms with E-state index in [0.29, 0.717) is 0 Å². The third kappa shape index (κ3) is 3.48. The van der Waals surface area contributed by atoms with Crippen LogP contribution in [0.2, 0.25) is 0 Å². The molecule has 0 aliphatic rings. The number of nitrogens with one attached hydrogen (secondary N) is 1. The Bertz CT molecular complexity index is 804. The number of thiophene rings is 1. The smallest absolute Gasteiger partial charge is 0.237 e. The first-order valence-corrected chi connectivity index (χ1v) is 9.10. The first-order valence-electron chi connectivity index (χ1n) is 6.55. The molecule has 1 aromatic carbocycles. The molecule has 1 amide bonds. The molecule has 0 unspecified atom stereocenters. The SMILES string of the molecule is C[C@@H](Sc1ncnc2sccc12)C(=O)Nc1ccc(Br)cc1. The van der Waals surface area contributed by atoms with Crippen LogP contribution in [-0.2, 0) is 4.79 Å². The number of fused-ring (bicyclic) bond motifs is 1. The molecule has 0 fully saturated rings. The molecule has 0 aliphatic heterocycles. The van der Waals surface area contributed by atoms with E-state index in [2.05, 4.69) is 31.2 Å². The molecule has 0 saturated heterocycles. The van der Waals surface area contributed by atoms with Crippen LogP contribution in [0.1, 0.15) is 6.92 Å².